The molecule has 0 spiro atoms. The molecule has 4 N–H and O–H groups in total. The van der Waals surface area contributed by atoms with Gasteiger partial charge in [-0.25, -0.2) is 4.79 Å². The molecule has 0 saturated heterocycles. The third kappa shape index (κ3) is 14.4. The summed E-state index contributed by atoms with van der Waals surface area (Å²) >= 11 is 0. The molecule has 0 bridgehead atoms. The molecule has 0 aromatic heterocycles. The van der Waals surface area contributed by atoms with Gasteiger partial charge >= 0.3 is 5.97 Å². The summed E-state index contributed by atoms with van der Waals surface area (Å²) in [5, 5.41) is 38.0. The van der Waals surface area contributed by atoms with Crippen LogP contribution in [0.2, 0.25) is 0 Å². The van der Waals surface area contributed by atoms with Crippen LogP contribution in [0.15, 0.2) is 12.2 Å². The van der Waals surface area contributed by atoms with E-state index in [0.29, 0.717) is 25.7 Å². The lowest BCUT2D eigenvalue weighted by molar-refractivity contribution is -0.131. The molecule has 0 radical (unpaired) electrons. The number of carboxylic acid groups (broad SMARTS) is 1. The number of aliphatic carboxylic acids is 1. The van der Waals surface area contributed by atoms with Crippen LogP contribution in [0.4, 0.5) is 0 Å². The van der Waals surface area contributed by atoms with Crippen molar-refractivity contribution in [2.45, 2.75) is 95.9 Å². The average Bonchev–Trinajstić information content (AvgIpc) is 2.51. The third-order valence-corrected chi connectivity index (χ3v) is 4.01. The summed E-state index contributed by atoms with van der Waals surface area (Å²) in [5.74, 6) is -0.920. The lowest BCUT2D eigenvalue weighted by Crippen LogP contribution is -2.27. The summed E-state index contributed by atoms with van der Waals surface area (Å²) in [6.45, 7) is 2.10. The number of aliphatic hydroxyl groups excluding tert-OH is 3. The number of unbranched alkanes of at least 4 members (excludes halogenated alkanes) is 5. The molecular formula is C18H34O5. The monoisotopic (exact) mass is 330 g/mol. The maximum atomic E-state index is 10.3. The van der Waals surface area contributed by atoms with Crippen molar-refractivity contribution < 1.29 is 25.2 Å². The van der Waals surface area contributed by atoms with E-state index in [1.807, 2.05) is 0 Å². The van der Waals surface area contributed by atoms with Crippen molar-refractivity contribution in [2.24, 2.45) is 0 Å². The van der Waals surface area contributed by atoms with Crippen LogP contribution in [0.25, 0.3) is 0 Å². The lowest BCUT2D eigenvalue weighted by Gasteiger charge is -2.19. The van der Waals surface area contributed by atoms with E-state index in [-0.39, 0.29) is 0 Å². The molecular weight excluding hydrogens is 296 g/mol. The van der Waals surface area contributed by atoms with Crippen molar-refractivity contribution in [3.63, 3.8) is 0 Å². The minimum absolute atomic E-state index is 0.426. The first-order valence-corrected chi connectivity index (χ1v) is 8.91. The van der Waals surface area contributed by atoms with Gasteiger partial charge in [-0.05, 0) is 38.5 Å². The Morgan fingerprint density at radius 1 is 0.870 bits per heavy atom. The van der Waals surface area contributed by atoms with E-state index >= 15 is 0 Å². The van der Waals surface area contributed by atoms with Crippen molar-refractivity contribution in [2.75, 3.05) is 0 Å². The van der Waals surface area contributed by atoms with Crippen molar-refractivity contribution in [1.82, 2.24) is 0 Å². The highest BCUT2D eigenvalue weighted by Crippen LogP contribution is 2.15. The Balaban J connectivity index is 3.58. The second-order valence-electron chi connectivity index (χ2n) is 6.24. The Hall–Kier alpha value is -0.910. The summed E-state index contributed by atoms with van der Waals surface area (Å²) in [4.78, 5) is 10.3. The molecule has 0 aromatic rings. The van der Waals surface area contributed by atoms with Crippen LogP contribution in [0.5, 0.6) is 0 Å². The van der Waals surface area contributed by atoms with Gasteiger partial charge in [0.1, 0.15) is 0 Å². The molecule has 5 nitrogen and oxygen atoms in total. The predicted molar refractivity (Wildman–Crippen MR) is 91.3 cm³/mol. The Bertz CT molecular complexity index is 317. The summed E-state index contributed by atoms with van der Waals surface area (Å²) in [6.07, 6.45) is 9.73. The molecule has 5 heteroatoms. The largest absolute Gasteiger partial charge is 0.478 e. The van der Waals surface area contributed by atoms with E-state index in [4.69, 9.17) is 5.11 Å². The van der Waals surface area contributed by atoms with E-state index in [9.17, 15) is 20.1 Å². The van der Waals surface area contributed by atoms with Gasteiger partial charge in [-0.15, -0.1) is 0 Å². The minimum Gasteiger partial charge on any atom is -0.478 e. The molecule has 3 unspecified atom stereocenters. The van der Waals surface area contributed by atoms with Crippen LogP contribution in [0.1, 0.15) is 77.6 Å². The SMILES string of the molecule is CCCCCC(O)C(O)CCC(O)CCCCC/C=C/C(=O)O. The molecule has 0 aliphatic heterocycles. The molecule has 0 rings (SSSR count). The van der Waals surface area contributed by atoms with Crippen molar-refractivity contribution >= 4 is 5.97 Å². The normalized spacial score (nSPS) is 15.7. The van der Waals surface area contributed by atoms with E-state index in [1.54, 1.807) is 6.08 Å². The Labute approximate surface area is 140 Å². The van der Waals surface area contributed by atoms with Crippen LogP contribution in [-0.2, 0) is 4.79 Å². The van der Waals surface area contributed by atoms with Crippen LogP contribution in [0, 0.1) is 0 Å². The first-order chi connectivity index (χ1) is 11.0. The second kappa shape index (κ2) is 14.7. The van der Waals surface area contributed by atoms with E-state index in [0.717, 1.165) is 51.0 Å². The molecule has 0 aliphatic rings. The van der Waals surface area contributed by atoms with Crippen molar-refractivity contribution in [1.29, 1.82) is 0 Å². The summed E-state index contributed by atoms with van der Waals surface area (Å²) in [5.41, 5.74) is 0. The maximum Gasteiger partial charge on any atom is 0.327 e. The molecule has 0 amide bonds. The zero-order chi connectivity index (χ0) is 17.5. The summed E-state index contributed by atoms with van der Waals surface area (Å²) in [7, 11) is 0. The maximum absolute atomic E-state index is 10.3. The lowest BCUT2D eigenvalue weighted by atomic mass is 9.99. The zero-order valence-corrected chi connectivity index (χ0v) is 14.4. The zero-order valence-electron chi connectivity index (χ0n) is 14.4. The Kier molecular flexibility index (Phi) is 14.1. The number of hydrogen-bond donors (Lipinski definition) is 4. The van der Waals surface area contributed by atoms with E-state index in [1.165, 1.54) is 0 Å². The number of hydrogen-bond acceptors (Lipinski definition) is 4. The van der Waals surface area contributed by atoms with E-state index < -0.39 is 24.3 Å². The third-order valence-electron chi connectivity index (χ3n) is 4.01. The number of carbonyl (C=O) groups is 1. The molecule has 136 valence electrons. The first-order valence-electron chi connectivity index (χ1n) is 8.91. The van der Waals surface area contributed by atoms with Gasteiger partial charge in [-0.3, -0.25) is 0 Å². The Morgan fingerprint density at radius 3 is 2.17 bits per heavy atom. The number of rotatable bonds is 15. The molecule has 0 fully saturated rings. The quantitative estimate of drug-likeness (QED) is 0.273. The first kappa shape index (κ1) is 22.1. The van der Waals surface area contributed by atoms with Crippen LogP contribution in [0.3, 0.4) is 0 Å². The summed E-state index contributed by atoms with van der Waals surface area (Å²) in [6, 6.07) is 0. The molecule has 0 saturated carbocycles. The van der Waals surface area contributed by atoms with Crippen molar-refractivity contribution in [3.05, 3.63) is 12.2 Å². The molecule has 23 heavy (non-hydrogen) atoms. The van der Waals surface area contributed by atoms with E-state index in [2.05, 4.69) is 6.92 Å². The minimum atomic E-state index is -0.920. The second-order valence-corrected chi connectivity index (χ2v) is 6.24. The van der Waals surface area contributed by atoms with Crippen LogP contribution in [-0.4, -0.2) is 44.7 Å². The fourth-order valence-corrected chi connectivity index (χ4v) is 2.50. The topological polar surface area (TPSA) is 98.0 Å². The van der Waals surface area contributed by atoms with Gasteiger partial charge in [0.2, 0.25) is 0 Å². The van der Waals surface area contributed by atoms with Gasteiger partial charge in [0.05, 0.1) is 18.3 Å². The standard InChI is InChI=1S/C18H34O5/c1-2-3-7-11-16(20)17(21)14-13-15(19)10-8-5-4-6-9-12-18(22)23/h9,12,15-17,19-21H,2-8,10-11,13-14H2,1H3,(H,22,23)/b12-9+. The van der Waals surface area contributed by atoms with Crippen LogP contribution >= 0.6 is 0 Å². The highest BCUT2D eigenvalue weighted by Gasteiger charge is 2.17. The number of carboxylic acids is 1. The number of allylic oxidation sites excluding steroid dienone is 1. The van der Waals surface area contributed by atoms with Gasteiger partial charge in [-0.1, -0.05) is 45.1 Å². The van der Waals surface area contributed by atoms with Crippen LogP contribution < -0.4 is 0 Å². The van der Waals surface area contributed by atoms with Gasteiger partial charge in [0, 0.05) is 6.08 Å². The Morgan fingerprint density at radius 2 is 1.52 bits per heavy atom. The highest BCUT2D eigenvalue weighted by molar-refractivity contribution is 5.79. The predicted octanol–water partition coefficient (Wildman–Crippen LogP) is 3.02. The van der Waals surface area contributed by atoms with Gasteiger partial charge in [0.15, 0.2) is 0 Å². The molecule has 0 heterocycles. The number of aliphatic hydroxyl groups is 3. The molecule has 0 aromatic carbocycles. The highest BCUT2D eigenvalue weighted by atomic mass is 16.4. The van der Waals surface area contributed by atoms with Crippen molar-refractivity contribution in [3.8, 4) is 0 Å². The smallest absolute Gasteiger partial charge is 0.327 e. The van der Waals surface area contributed by atoms with Gasteiger partial charge < -0.3 is 20.4 Å². The molecule has 0 aliphatic carbocycles. The fraction of sp³-hybridized carbons (Fsp3) is 0.833. The van der Waals surface area contributed by atoms with Gasteiger partial charge in [0.25, 0.3) is 0 Å². The van der Waals surface area contributed by atoms with Gasteiger partial charge in [-0.2, -0.15) is 0 Å². The fourth-order valence-electron chi connectivity index (χ4n) is 2.50. The molecule has 3 atom stereocenters. The average molecular weight is 330 g/mol. The summed E-state index contributed by atoms with van der Waals surface area (Å²) < 4.78 is 0.